The largest absolute Gasteiger partial charge is 0.265 e. The van der Waals surface area contributed by atoms with Crippen LogP contribution in [0.25, 0.3) is 10.8 Å². The third kappa shape index (κ3) is 2.66. The van der Waals surface area contributed by atoms with Crippen LogP contribution in [-0.2, 0) is 0 Å². The Kier molecular flexibility index (Phi) is 3.44. The molecule has 2 aromatic carbocycles. The lowest BCUT2D eigenvalue weighted by atomic mass is 9.84. The molecule has 1 aliphatic carbocycles. The maximum Gasteiger partial charge on any atom is 0.0288 e. The zero-order valence-electron chi connectivity index (χ0n) is 14.5. The highest BCUT2D eigenvalue weighted by Crippen LogP contribution is 2.46. The zero-order valence-corrected chi connectivity index (χ0v) is 14.5. The van der Waals surface area contributed by atoms with Crippen LogP contribution in [0, 0.1) is 17.8 Å². The highest BCUT2D eigenvalue weighted by Gasteiger charge is 2.43. The normalized spacial score (nSPS) is 28.3. The molecule has 124 valence electrons. The van der Waals surface area contributed by atoms with Crippen molar-refractivity contribution < 1.29 is 0 Å². The predicted octanol–water partition coefficient (Wildman–Crippen LogP) is 5.52. The molecule has 0 radical (unpaired) electrons. The molecule has 0 N–H and O–H groups in total. The van der Waals surface area contributed by atoms with Gasteiger partial charge in [0.1, 0.15) is 0 Å². The van der Waals surface area contributed by atoms with Crippen molar-refractivity contribution in [2.45, 2.75) is 25.7 Å². The molecule has 2 aliphatic heterocycles. The fourth-order valence-electron chi connectivity index (χ4n) is 4.22. The van der Waals surface area contributed by atoms with E-state index in [9.17, 15) is 0 Å². The topological polar surface area (TPSA) is 24.7 Å². The number of benzene rings is 2. The lowest BCUT2D eigenvalue weighted by Crippen LogP contribution is -2.24. The van der Waals surface area contributed by atoms with Gasteiger partial charge >= 0.3 is 0 Å². The van der Waals surface area contributed by atoms with Crippen LogP contribution in [-0.4, -0.2) is 11.4 Å². The minimum Gasteiger partial charge on any atom is -0.265 e. The molecule has 25 heavy (non-hydrogen) atoms. The second-order valence-electron chi connectivity index (χ2n) is 7.50. The molecule has 4 unspecified atom stereocenters. The predicted molar refractivity (Wildman–Crippen MR) is 105 cm³/mol. The van der Waals surface area contributed by atoms with Crippen LogP contribution in [0.3, 0.4) is 0 Å². The minimum absolute atomic E-state index is 0.340. The van der Waals surface area contributed by atoms with E-state index in [-0.39, 0.29) is 0 Å². The third-order valence-electron chi connectivity index (χ3n) is 5.92. The van der Waals surface area contributed by atoms with Crippen LogP contribution >= 0.6 is 0 Å². The van der Waals surface area contributed by atoms with Crippen LogP contribution < -0.4 is 0 Å². The SMILES string of the molecule is CC(C1=NC=CC(C2=NC=CC3CC23)C1)c1ccc2ccccc2c1. The lowest BCUT2D eigenvalue weighted by molar-refractivity contribution is 0.801. The van der Waals surface area contributed by atoms with Crippen molar-refractivity contribution >= 4 is 22.2 Å². The molecule has 1 fully saturated rings. The van der Waals surface area contributed by atoms with Crippen LogP contribution in [0.5, 0.6) is 0 Å². The van der Waals surface area contributed by atoms with Gasteiger partial charge in [-0.1, -0.05) is 61.5 Å². The first-order chi connectivity index (χ1) is 12.3. The first kappa shape index (κ1) is 14.8. The molecule has 0 aromatic heterocycles. The van der Waals surface area contributed by atoms with Crippen molar-refractivity contribution in [2.75, 3.05) is 0 Å². The van der Waals surface area contributed by atoms with Crippen LogP contribution in [0.1, 0.15) is 31.2 Å². The monoisotopic (exact) mass is 326 g/mol. The number of hydrogen-bond donors (Lipinski definition) is 0. The van der Waals surface area contributed by atoms with Crippen molar-refractivity contribution in [1.82, 2.24) is 0 Å². The molecule has 3 aliphatic rings. The van der Waals surface area contributed by atoms with Gasteiger partial charge in [-0.25, -0.2) is 0 Å². The Hall–Kier alpha value is -2.48. The molecule has 0 saturated heterocycles. The summed E-state index contributed by atoms with van der Waals surface area (Å²) in [5, 5.41) is 2.60. The first-order valence-corrected chi connectivity index (χ1v) is 9.26. The second kappa shape index (κ2) is 5.80. The molecule has 4 atom stereocenters. The van der Waals surface area contributed by atoms with Gasteiger partial charge in [0.25, 0.3) is 0 Å². The quantitative estimate of drug-likeness (QED) is 0.709. The average Bonchev–Trinajstić information content (AvgIpc) is 3.47. The highest BCUT2D eigenvalue weighted by atomic mass is 14.8. The van der Waals surface area contributed by atoms with Crippen molar-refractivity contribution in [3.8, 4) is 0 Å². The Morgan fingerprint density at radius 2 is 1.80 bits per heavy atom. The van der Waals surface area contributed by atoms with Gasteiger partial charge in [0.2, 0.25) is 0 Å². The van der Waals surface area contributed by atoms with Crippen LogP contribution in [0.15, 0.2) is 77.0 Å². The van der Waals surface area contributed by atoms with Gasteiger partial charge in [-0.2, -0.15) is 0 Å². The fraction of sp³-hybridized carbons (Fsp3) is 0.304. The van der Waals surface area contributed by atoms with E-state index in [4.69, 9.17) is 9.98 Å². The highest BCUT2D eigenvalue weighted by molar-refractivity contribution is 6.01. The van der Waals surface area contributed by atoms with Crippen LogP contribution in [0.4, 0.5) is 0 Å². The lowest BCUT2D eigenvalue weighted by Gasteiger charge is -2.24. The summed E-state index contributed by atoms with van der Waals surface area (Å²) in [4.78, 5) is 9.45. The average molecular weight is 326 g/mol. The summed E-state index contributed by atoms with van der Waals surface area (Å²) in [5.41, 5.74) is 4.00. The van der Waals surface area contributed by atoms with E-state index >= 15 is 0 Å². The van der Waals surface area contributed by atoms with Gasteiger partial charge in [0.15, 0.2) is 0 Å². The summed E-state index contributed by atoms with van der Waals surface area (Å²) < 4.78 is 0. The Morgan fingerprint density at radius 3 is 2.72 bits per heavy atom. The molecule has 2 heteroatoms. The van der Waals surface area contributed by atoms with Gasteiger partial charge in [0.05, 0.1) is 0 Å². The van der Waals surface area contributed by atoms with Gasteiger partial charge in [0, 0.05) is 41.6 Å². The number of aliphatic imine (C=N–C) groups is 2. The molecule has 2 heterocycles. The van der Waals surface area contributed by atoms with E-state index in [1.165, 1.54) is 34.2 Å². The molecular weight excluding hydrogens is 304 g/mol. The van der Waals surface area contributed by atoms with E-state index in [0.29, 0.717) is 17.8 Å². The first-order valence-electron chi connectivity index (χ1n) is 9.26. The summed E-state index contributed by atoms with van der Waals surface area (Å²) >= 11 is 0. The van der Waals surface area contributed by atoms with Crippen molar-refractivity contribution in [3.63, 3.8) is 0 Å². The minimum atomic E-state index is 0.340. The maximum atomic E-state index is 4.73. The molecule has 0 spiro atoms. The summed E-state index contributed by atoms with van der Waals surface area (Å²) in [5.74, 6) is 2.21. The van der Waals surface area contributed by atoms with E-state index in [2.05, 4.69) is 61.5 Å². The molecule has 5 rings (SSSR count). The summed E-state index contributed by atoms with van der Waals surface area (Å²) in [7, 11) is 0. The molecule has 1 saturated carbocycles. The summed E-state index contributed by atoms with van der Waals surface area (Å²) in [6.07, 6.45) is 10.8. The molecule has 2 aromatic rings. The fourth-order valence-corrected chi connectivity index (χ4v) is 4.22. The number of hydrogen-bond acceptors (Lipinski definition) is 2. The van der Waals surface area contributed by atoms with Gasteiger partial charge in [-0.05, 0) is 35.1 Å². The van der Waals surface area contributed by atoms with Crippen LogP contribution in [0.2, 0.25) is 0 Å². The Labute approximate surface area is 148 Å². The number of nitrogens with zero attached hydrogens (tertiary/aromatic N) is 2. The van der Waals surface area contributed by atoms with Gasteiger partial charge < -0.3 is 0 Å². The van der Waals surface area contributed by atoms with E-state index in [1.54, 1.807) is 0 Å². The molecule has 0 amide bonds. The molecular formula is C23H22N2. The van der Waals surface area contributed by atoms with Gasteiger partial charge in [-0.3, -0.25) is 9.98 Å². The Bertz CT molecular complexity index is 947. The van der Waals surface area contributed by atoms with Gasteiger partial charge in [-0.15, -0.1) is 0 Å². The second-order valence-corrected chi connectivity index (χ2v) is 7.50. The Morgan fingerprint density at radius 1 is 0.960 bits per heavy atom. The number of rotatable bonds is 3. The number of fused-ring (bicyclic) bond motifs is 2. The molecule has 2 nitrogen and oxygen atoms in total. The van der Waals surface area contributed by atoms with E-state index < -0.39 is 0 Å². The number of allylic oxidation sites excluding steroid dienone is 2. The standard InChI is InChI=1S/C23H22N2/c1-15(17-7-6-16-4-2-3-5-18(16)12-17)22-14-20(9-10-24-22)23-21-13-19(21)8-11-25-23/h2-12,15,19-21H,13-14H2,1H3. The van der Waals surface area contributed by atoms with Crippen molar-refractivity contribution in [3.05, 3.63) is 72.6 Å². The summed E-state index contributed by atoms with van der Waals surface area (Å²) in [6.45, 7) is 2.28. The smallest absolute Gasteiger partial charge is 0.0288 e. The van der Waals surface area contributed by atoms with Crippen molar-refractivity contribution in [1.29, 1.82) is 0 Å². The van der Waals surface area contributed by atoms with Crippen molar-refractivity contribution in [2.24, 2.45) is 27.7 Å². The summed E-state index contributed by atoms with van der Waals surface area (Å²) in [6, 6.07) is 15.3. The maximum absolute atomic E-state index is 4.73. The third-order valence-corrected chi connectivity index (χ3v) is 5.92. The zero-order chi connectivity index (χ0) is 16.8. The Balaban J connectivity index is 1.40. The molecule has 0 bridgehead atoms. The van der Waals surface area contributed by atoms with E-state index in [1.807, 2.05) is 12.4 Å². The van der Waals surface area contributed by atoms with E-state index in [0.717, 1.165) is 12.3 Å².